The summed E-state index contributed by atoms with van der Waals surface area (Å²) in [6, 6.07) is -0.286. The molecule has 0 aliphatic heterocycles. The number of sulfone groups is 1. The summed E-state index contributed by atoms with van der Waals surface area (Å²) in [7, 11) is -2.99. The summed E-state index contributed by atoms with van der Waals surface area (Å²) in [4.78, 5) is 0. The molecular weight excluding hydrogens is 198 g/mol. The van der Waals surface area contributed by atoms with Crippen molar-refractivity contribution in [3.63, 3.8) is 0 Å². The van der Waals surface area contributed by atoms with Gasteiger partial charge in [-0.1, -0.05) is 34.6 Å². The highest BCUT2D eigenvalue weighted by Gasteiger charge is 2.26. The summed E-state index contributed by atoms with van der Waals surface area (Å²) in [6.45, 7) is 9.69. The summed E-state index contributed by atoms with van der Waals surface area (Å²) in [5.74, 6) is 0.498. The Hall–Kier alpha value is -0.0900. The van der Waals surface area contributed by atoms with Gasteiger partial charge in [0.25, 0.3) is 0 Å². The van der Waals surface area contributed by atoms with Crippen LogP contribution in [0.3, 0.4) is 0 Å². The van der Waals surface area contributed by atoms with Gasteiger partial charge in [0, 0.05) is 6.04 Å². The molecule has 1 unspecified atom stereocenters. The van der Waals surface area contributed by atoms with Crippen molar-refractivity contribution < 1.29 is 8.42 Å². The summed E-state index contributed by atoms with van der Waals surface area (Å²) in [5.41, 5.74) is 5.68. The lowest BCUT2D eigenvalue weighted by Gasteiger charge is -2.26. The molecule has 0 aromatic carbocycles. The predicted octanol–water partition coefficient (Wildman–Crippen LogP) is 1.43. The number of rotatable bonds is 4. The van der Waals surface area contributed by atoms with E-state index >= 15 is 0 Å². The maximum absolute atomic E-state index is 11.6. The van der Waals surface area contributed by atoms with Crippen molar-refractivity contribution in [2.75, 3.05) is 11.5 Å². The minimum atomic E-state index is -2.99. The number of hydrogen-bond acceptors (Lipinski definition) is 3. The van der Waals surface area contributed by atoms with Crippen molar-refractivity contribution in [2.45, 2.75) is 40.7 Å². The van der Waals surface area contributed by atoms with E-state index in [0.717, 1.165) is 0 Å². The first-order valence-electron chi connectivity index (χ1n) is 5.00. The largest absolute Gasteiger partial charge is 0.326 e. The molecule has 0 rings (SSSR count). The van der Waals surface area contributed by atoms with Crippen LogP contribution in [0.15, 0.2) is 0 Å². The molecule has 0 aliphatic rings. The van der Waals surface area contributed by atoms with E-state index in [2.05, 4.69) is 0 Å². The molecule has 0 saturated carbocycles. The van der Waals surface area contributed by atoms with Crippen molar-refractivity contribution in [3.8, 4) is 0 Å². The van der Waals surface area contributed by atoms with Crippen LogP contribution in [0.5, 0.6) is 0 Å². The van der Waals surface area contributed by atoms with Crippen molar-refractivity contribution >= 4 is 9.84 Å². The first kappa shape index (κ1) is 13.9. The predicted molar refractivity (Wildman–Crippen MR) is 60.9 cm³/mol. The van der Waals surface area contributed by atoms with Gasteiger partial charge in [-0.05, 0) is 11.3 Å². The first-order chi connectivity index (χ1) is 6.04. The highest BCUT2D eigenvalue weighted by Crippen LogP contribution is 2.19. The molecule has 1 atom stereocenters. The Balaban J connectivity index is 4.38. The Morgan fingerprint density at radius 1 is 1.14 bits per heavy atom. The Bertz CT molecular complexity index is 262. The minimum Gasteiger partial charge on any atom is -0.326 e. The molecule has 0 heterocycles. The normalized spacial score (nSPS) is 15.9. The van der Waals surface area contributed by atoms with Gasteiger partial charge in [0.05, 0.1) is 11.5 Å². The summed E-state index contributed by atoms with van der Waals surface area (Å²) in [6.07, 6.45) is 0. The van der Waals surface area contributed by atoms with Gasteiger partial charge in [0.1, 0.15) is 0 Å². The van der Waals surface area contributed by atoms with Crippen molar-refractivity contribution in [2.24, 2.45) is 17.1 Å². The molecule has 86 valence electrons. The molecule has 0 spiro atoms. The molecule has 3 nitrogen and oxygen atoms in total. The van der Waals surface area contributed by atoms with Crippen LogP contribution in [0, 0.1) is 11.3 Å². The van der Waals surface area contributed by atoms with Gasteiger partial charge < -0.3 is 5.73 Å². The van der Waals surface area contributed by atoms with Crippen LogP contribution >= 0.6 is 0 Å². The maximum atomic E-state index is 11.6. The molecule has 0 fully saturated rings. The topological polar surface area (TPSA) is 60.2 Å². The maximum Gasteiger partial charge on any atom is 0.152 e. The van der Waals surface area contributed by atoms with Gasteiger partial charge in [-0.2, -0.15) is 0 Å². The van der Waals surface area contributed by atoms with Crippen LogP contribution in [-0.4, -0.2) is 26.0 Å². The third-order valence-corrected chi connectivity index (χ3v) is 4.17. The van der Waals surface area contributed by atoms with Gasteiger partial charge >= 0.3 is 0 Å². The molecule has 4 heteroatoms. The molecule has 0 aliphatic carbocycles. The van der Waals surface area contributed by atoms with E-state index in [4.69, 9.17) is 5.73 Å². The van der Waals surface area contributed by atoms with E-state index in [1.807, 2.05) is 34.6 Å². The fourth-order valence-electron chi connectivity index (χ4n) is 1.10. The second kappa shape index (κ2) is 4.62. The molecule has 0 radical (unpaired) electrons. The van der Waals surface area contributed by atoms with E-state index in [9.17, 15) is 8.42 Å². The zero-order chi connectivity index (χ0) is 11.6. The lowest BCUT2D eigenvalue weighted by atomic mass is 9.89. The zero-order valence-corrected chi connectivity index (χ0v) is 10.7. The van der Waals surface area contributed by atoms with Gasteiger partial charge in [-0.15, -0.1) is 0 Å². The Morgan fingerprint density at radius 2 is 1.57 bits per heavy atom. The molecule has 0 aromatic heterocycles. The standard InChI is InChI=1S/C10H23NO2S/c1-8(2)6-14(12,13)7-9(11)10(3,4)5/h8-9H,6-7,11H2,1-5H3. The SMILES string of the molecule is CC(C)CS(=O)(=O)CC(N)C(C)(C)C. The van der Waals surface area contributed by atoms with E-state index in [-0.39, 0.29) is 28.9 Å². The van der Waals surface area contributed by atoms with Crippen LogP contribution in [-0.2, 0) is 9.84 Å². The lowest BCUT2D eigenvalue weighted by Crippen LogP contribution is -2.41. The summed E-state index contributed by atoms with van der Waals surface area (Å²) < 4.78 is 23.2. The van der Waals surface area contributed by atoms with Crippen molar-refractivity contribution in [3.05, 3.63) is 0 Å². The molecule has 0 aromatic rings. The van der Waals surface area contributed by atoms with Crippen molar-refractivity contribution in [1.29, 1.82) is 0 Å². The Kier molecular flexibility index (Phi) is 4.59. The lowest BCUT2D eigenvalue weighted by molar-refractivity contribution is 0.340. The molecule has 0 amide bonds. The second-order valence-corrected chi connectivity index (χ2v) is 7.60. The van der Waals surface area contributed by atoms with Crippen LogP contribution in [0.25, 0.3) is 0 Å². The van der Waals surface area contributed by atoms with Crippen LogP contribution in [0.2, 0.25) is 0 Å². The van der Waals surface area contributed by atoms with Crippen molar-refractivity contribution in [1.82, 2.24) is 0 Å². The van der Waals surface area contributed by atoms with E-state index < -0.39 is 9.84 Å². The highest BCUT2D eigenvalue weighted by atomic mass is 32.2. The fourth-order valence-corrected chi connectivity index (χ4v) is 3.30. The fraction of sp³-hybridized carbons (Fsp3) is 1.00. The van der Waals surface area contributed by atoms with Gasteiger partial charge in [-0.3, -0.25) is 0 Å². The van der Waals surface area contributed by atoms with E-state index in [1.54, 1.807) is 0 Å². The first-order valence-corrected chi connectivity index (χ1v) is 6.83. The zero-order valence-electron chi connectivity index (χ0n) is 9.87. The van der Waals surface area contributed by atoms with Gasteiger partial charge in [-0.25, -0.2) is 8.42 Å². The van der Waals surface area contributed by atoms with E-state index in [1.165, 1.54) is 0 Å². The third-order valence-electron chi connectivity index (χ3n) is 2.13. The van der Waals surface area contributed by atoms with Crippen LogP contribution < -0.4 is 5.73 Å². The average Bonchev–Trinajstić information content (AvgIpc) is 1.79. The summed E-state index contributed by atoms with van der Waals surface area (Å²) in [5, 5.41) is 0. The Labute approximate surface area is 88.0 Å². The monoisotopic (exact) mass is 221 g/mol. The number of nitrogens with two attached hydrogens (primary N) is 1. The molecule has 14 heavy (non-hydrogen) atoms. The average molecular weight is 221 g/mol. The minimum absolute atomic E-state index is 0.0919. The smallest absolute Gasteiger partial charge is 0.152 e. The van der Waals surface area contributed by atoms with E-state index in [0.29, 0.717) is 0 Å². The molecule has 0 bridgehead atoms. The molecular formula is C10H23NO2S. The van der Waals surface area contributed by atoms with Crippen LogP contribution in [0.1, 0.15) is 34.6 Å². The molecule has 0 saturated heterocycles. The Morgan fingerprint density at radius 3 is 1.86 bits per heavy atom. The highest BCUT2D eigenvalue weighted by molar-refractivity contribution is 7.91. The molecule has 2 N–H and O–H groups in total. The quantitative estimate of drug-likeness (QED) is 0.781. The van der Waals surface area contributed by atoms with Gasteiger partial charge in [0.2, 0.25) is 0 Å². The van der Waals surface area contributed by atoms with Gasteiger partial charge in [0.15, 0.2) is 9.84 Å². The van der Waals surface area contributed by atoms with Crippen LogP contribution in [0.4, 0.5) is 0 Å². The summed E-state index contributed by atoms with van der Waals surface area (Å²) >= 11 is 0. The second-order valence-electron chi connectivity index (χ2n) is 5.44. The number of hydrogen-bond donors (Lipinski definition) is 1. The third kappa shape index (κ3) is 5.60.